The van der Waals surface area contributed by atoms with Crippen LogP contribution in [0.4, 0.5) is 18.9 Å². The fourth-order valence-electron chi connectivity index (χ4n) is 1.12. The van der Waals surface area contributed by atoms with E-state index in [2.05, 4.69) is 0 Å². The standard InChI is InChI=1S/C9H11F3N2O2S/c10-7-4-6(5-8(11)9(7)12)14-17(15,16)3-1-2-13/h4-5,14H,1-3,13H2. The quantitative estimate of drug-likeness (QED) is 0.788. The van der Waals surface area contributed by atoms with Crippen molar-refractivity contribution in [2.24, 2.45) is 5.73 Å². The summed E-state index contributed by atoms with van der Waals surface area (Å²) in [5.41, 5.74) is 4.77. The van der Waals surface area contributed by atoms with E-state index >= 15 is 0 Å². The topological polar surface area (TPSA) is 72.2 Å². The van der Waals surface area contributed by atoms with Crippen molar-refractivity contribution in [1.29, 1.82) is 0 Å². The first-order valence-electron chi connectivity index (χ1n) is 4.71. The van der Waals surface area contributed by atoms with E-state index in [9.17, 15) is 21.6 Å². The second kappa shape index (κ2) is 5.37. The summed E-state index contributed by atoms with van der Waals surface area (Å²) in [6.45, 7) is 0.174. The van der Waals surface area contributed by atoms with Crippen molar-refractivity contribution in [3.8, 4) is 0 Å². The van der Waals surface area contributed by atoms with Crippen LogP contribution in [0.15, 0.2) is 12.1 Å². The highest BCUT2D eigenvalue weighted by Crippen LogP contribution is 2.18. The average molecular weight is 268 g/mol. The number of nitrogens with two attached hydrogens (primary N) is 1. The molecule has 1 aromatic carbocycles. The smallest absolute Gasteiger partial charge is 0.232 e. The van der Waals surface area contributed by atoms with Gasteiger partial charge in [-0.15, -0.1) is 0 Å². The molecule has 0 unspecified atom stereocenters. The van der Waals surface area contributed by atoms with Gasteiger partial charge in [-0.2, -0.15) is 0 Å². The Labute approximate surface area is 96.7 Å². The highest BCUT2D eigenvalue weighted by molar-refractivity contribution is 7.92. The summed E-state index contributed by atoms with van der Waals surface area (Å²) in [6.07, 6.45) is 0.210. The lowest BCUT2D eigenvalue weighted by atomic mass is 10.3. The third-order valence-electron chi connectivity index (χ3n) is 1.87. The zero-order valence-corrected chi connectivity index (χ0v) is 9.53. The van der Waals surface area contributed by atoms with Gasteiger partial charge in [0.15, 0.2) is 17.5 Å². The SMILES string of the molecule is NCCCS(=O)(=O)Nc1cc(F)c(F)c(F)c1. The van der Waals surface area contributed by atoms with E-state index in [0.717, 1.165) is 0 Å². The predicted molar refractivity (Wildman–Crippen MR) is 57.4 cm³/mol. The number of sulfonamides is 1. The zero-order chi connectivity index (χ0) is 13.1. The maximum absolute atomic E-state index is 12.8. The Hall–Kier alpha value is -1.28. The molecule has 0 aliphatic rings. The van der Waals surface area contributed by atoms with Crippen LogP contribution in [-0.2, 0) is 10.0 Å². The molecule has 8 heteroatoms. The van der Waals surface area contributed by atoms with Crippen molar-refractivity contribution in [2.75, 3.05) is 17.0 Å². The van der Waals surface area contributed by atoms with Crippen LogP contribution in [0.5, 0.6) is 0 Å². The first-order chi connectivity index (χ1) is 7.85. The molecule has 1 aromatic rings. The van der Waals surface area contributed by atoms with Gasteiger partial charge in [0.25, 0.3) is 0 Å². The highest BCUT2D eigenvalue weighted by Gasteiger charge is 2.14. The molecule has 3 N–H and O–H groups in total. The molecule has 96 valence electrons. The Morgan fingerprint density at radius 2 is 1.71 bits per heavy atom. The lowest BCUT2D eigenvalue weighted by molar-refractivity contribution is 0.448. The lowest BCUT2D eigenvalue weighted by Crippen LogP contribution is -2.19. The summed E-state index contributed by atoms with van der Waals surface area (Å²) in [7, 11) is -3.73. The summed E-state index contributed by atoms with van der Waals surface area (Å²) in [5, 5.41) is 0. The van der Waals surface area contributed by atoms with Crippen LogP contribution in [0.2, 0.25) is 0 Å². The first-order valence-corrected chi connectivity index (χ1v) is 6.36. The molecule has 0 aromatic heterocycles. The molecule has 0 spiro atoms. The molecule has 0 heterocycles. The minimum absolute atomic E-state index is 0.174. The van der Waals surface area contributed by atoms with Gasteiger partial charge in [0.05, 0.1) is 11.4 Å². The lowest BCUT2D eigenvalue weighted by Gasteiger charge is -2.08. The molecule has 0 saturated heterocycles. The molecule has 0 fully saturated rings. The third kappa shape index (κ3) is 3.90. The van der Waals surface area contributed by atoms with E-state index in [4.69, 9.17) is 5.73 Å². The number of anilines is 1. The van der Waals surface area contributed by atoms with E-state index in [1.54, 1.807) is 0 Å². The van der Waals surface area contributed by atoms with E-state index in [0.29, 0.717) is 12.1 Å². The highest BCUT2D eigenvalue weighted by atomic mass is 32.2. The molecule has 0 radical (unpaired) electrons. The molecule has 1 rings (SSSR count). The Morgan fingerprint density at radius 3 is 2.18 bits per heavy atom. The van der Waals surface area contributed by atoms with E-state index in [1.165, 1.54) is 0 Å². The first kappa shape index (κ1) is 13.8. The van der Waals surface area contributed by atoms with Crippen LogP contribution in [0.3, 0.4) is 0 Å². The molecule has 0 aliphatic carbocycles. The van der Waals surface area contributed by atoms with Gasteiger partial charge in [0, 0.05) is 12.1 Å². The molecule has 0 bridgehead atoms. The summed E-state index contributed by atoms with van der Waals surface area (Å²) < 4.78 is 62.9. The summed E-state index contributed by atoms with van der Waals surface area (Å²) in [4.78, 5) is 0. The number of rotatable bonds is 5. The second-order valence-corrected chi connectivity index (χ2v) is 5.16. The van der Waals surface area contributed by atoms with Gasteiger partial charge in [-0.1, -0.05) is 0 Å². The molecular formula is C9H11F3N2O2S. The van der Waals surface area contributed by atoms with Crippen LogP contribution in [0.25, 0.3) is 0 Å². The van der Waals surface area contributed by atoms with Crippen molar-refractivity contribution in [2.45, 2.75) is 6.42 Å². The molecule has 17 heavy (non-hydrogen) atoms. The molecule has 0 aliphatic heterocycles. The fraction of sp³-hybridized carbons (Fsp3) is 0.333. The van der Waals surface area contributed by atoms with E-state index in [1.807, 2.05) is 4.72 Å². The minimum atomic E-state index is -3.73. The minimum Gasteiger partial charge on any atom is -0.330 e. The van der Waals surface area contributed by atoms with Crippen molar-refractivity contribution in [1.82, 2.24) is 0 Å². The Balaban J connectivity index is 2.89. The second-order valence-electron chi connectivity index (χ2n) is 3.32. The number of hydrogen-bond donors (Lipinski definition) is 2. The van der Waals surface area contributed by atoms with E-state index < -0.39 is 27.5 Å². The zero-order valence-electron chi connectivity index (χ0n) is 8.71. The van der Waals surface area contributed by atoms with Crippen molar-refractivity contribution in [3.05, 3.63) is 29.6 Å². The largest absolute Gasteiger partial charge is 0.330 e. The van der Waals surface area contributed by atoms with Gasteiger partial charge in [-0.3, -0.25) is 4.72 Å². The normalized spacial score (nSPS) is 11.5. The molecule has 4 nitrogen and oxygen atoms in total. The Morgan fingerprint density at radius 1 is 1.18 bits per heavy atom. The van der Waals surface area contributed by atoms with Crippen LogP contribution in [0.1, 0.15) is 6.42 Å². The molecule has 0 amide bonds. The van der Waals surface area contributed by atoms with Gasteiger partial charge < -0.3 is 5.73 Å². The molecular weight excluding hydrogens is 257 g/mol. The fourth-order valence-corrected chi connectivity index (χ4v) is 2.24. The van der Waals surface area contributed by atoms with Gasteiger partial charge in [-0.05, 0) is 13.0 Å². The van der Waals surface area contributed by atoms with Gasteiger partial charge in [-0.25, -0.2) is 21.6 Å². The van der Waals surface area contributed by atoms with Crippen molar-refractivity contribution >= 4 is 15.7 Å². The maximum atomic E-state index is 12.8. The van der Waals surface area contributed by atoms with Crippen LogP contribution < -0.4 is 10.5 Å². The average Bonchev–Trinajstić information content (AvgIpc) is 2.22. The number of benzene rings is 1. The third-order valence-corrected chi connectivity index (χ3v) is 3.25. The Kier molecular flexibility index (Phi) is 4.35. The number of halogens is 3. The summed E-state index contributed by atoms with van der Waals surface area (Å²) in [5.74, 6) is -4.83. The van der Waals surface area contributed by atoms with Gasteiger partial charge >= 0.3 is 0 Å². The number of hydrogen-bond acceptors (Lipinski definition) is 3. The van der Waals surface area contributed by atoms with Crippen LogP contribution >= 0.6 is 0 Å². The van der Waals surface area contributed by atoms with Crippen LogP contribution in [-0.4, -0.2) is 20.7 Å². The maximum Gasteiger partial charge on any atom is 0.232 e. The van der Waals surface area contributed by atoms with E-state index in [-0.39, 0.29) is 24.4 Å². The number of nitrogens with one attached hydrogen (secondary N) is 1. The summed E-state index contributed by atoms with van der Waals surface area (Å²) >= 11 is 0. The molecule has 0 atom stereocenters. The Bertz CT molecular complexity index is 482. The van der Waals surface area contributed by atoms with Crippen molar-refractivity contribution in [3.63, 3.8) is 0 Å². The summed E-state index contributed by atoms with van der Waals surface area (Å²) in [6, 6.07) is 1.14. The van der Waals surface area contributed by atoms with Crippen molar-refractivity contribution < 1.29 is 21.6 Å². The monoisotopic (exact) mass is 268 g/mol. The van der Waals surface area contributed by atoms with Gasteiger partial charge in [0.2, 0.25) is 10.0 Å². The van der Waals surface area contributed by atoms with Gasteiger partial charge in [0.1, 0.15) is 0 Å². The predicted octanol–water partition coefficient (Wildman–Crippen LogP) is 1.19. The van der Waals surface area contributed by atoms with Crippen LogP contribution in [0, 0.1) is 17.5 Å². The molecule has 0 saturated carbocycles.